The molecule has 0 saturated carbocycles. The van der Waals surface area contributed by atoms with Gasteiger partial charge in [-0.15, -0.1) is 0 Å². The van der Waals surface area contributed by atoms with E-state index in [0.29, 0.717) is 6.54 Å². The summed E-state index contributed by atoms with van der Waals surface area (Å²) in [5.74, 6) is 0.946. The molecule has 1 fully saturated rings. The van der Waals surface area contributed by atoms with Gasteiger partial charge < -0.3 is 9.47 Å². The molecule has 1 aliphatic heterocycles. The van der Waals surface area contributed by atoms with Crippen LogP contribution in [-0.2, 0) is 14.8 Å². The third-order valence-corrected chi connectivity index (χ3v) is 4.44. The number of carbonyl (C=O) groups is 1. The number of piperidine rings is 1. The Kier molecular flexibility index (Phi) is 5.00. The Hall–Kier alpha value is -1.41. The SMILES string of the molecule is Cc1nccn1[C@H]1CCCN(C(=O)CCNS(C)(=O)=O)C1. The molecule has 1 aromatic heterocycles. The molecule has 1 atom stereocenters. The molecule has 1 aromatic rings. The van der Waals surface area contributed by atoms with Gasteiger partial charge in [0.1, 0.15) is 5.82 Å². The van der Waals surface area contributed by atoms with Crippen LogP contribution in [-0.4, -0.2) is 54.7 Å². The minimum atomic E-state index is -3.24. The lowest BCUT2D eigenvalue weighted by atomic mass is 10.0. The van der Waals surface area contributed by atoms with Crippen LogP contribution in [0, 0.1) is 6.92 Å². The molecule has 118 valence electrons. The third-order valence-electron chi connectivity index (χ3n) is 3.71. The summed E-state index contributed by atoms with van der Waals surface area (Å²) < 4.78 is 26.4. The number of nitrogens with one attached hydrogen (secondary N) is 1. The summed E-state index contributed by atoms with van der Waals surface area (Å²) in [5, 5.41) is 0. The molecule has 2 heterocycles. The molecule has 1 amide bonds. The number of carbonyl (C=O) groups excluding carboxylic acids is 1. The summed E-state index contributed by atoms with van der Waals surface area (Å²) in [4.78, 5) is 18.2. The van der Waals surface area contributed by atoms with Crippen LogP contribution in [0.1, 0.15) is 31.1 Å². The van der Waals surface area contributed by atoms with E-state index in [1.807, 2.05) is 18.0 Å². The van der Waals surface area contributed by atoms with Crippen molar-refractivity contribution in [2.24, 2.45) is 0 Å². The van der Waals surface area contributed by atoms with Gasteiger partial charge >= 0.3 is 0 Å². The zero-order valence-corrected chi connectivity index (χ0v) is 13.3. The lowest BCUT2D eigenvalue weighted by Crippen LogP contribution is -2.42. The van der Waals surface area contributed by atoms with Gasteiger partial charge in [-0.25, -0.2) is 18.1 Å². The predicted octanol–water partition coefficient (Wildman–Crippen LogP) is 0.294. The molecule has 0 aliphatic carbocycles. The summed E-state index contributed by atoms with van der Waals surface area (Å²) in [6.45, 7) is 3.51. The quantitative estimate of drug-likeness (QED) is 0.847. The zero-order chi connectivity index (χ0) is 15.5. The maximum Gasteiger partial charge on any atom is 0.223 e. The minimum absolute atomic E-state index is 0.00591. The average molecular weight is 314 g/mol. The highest BCUT2D eigenvalue weighted by Crippen LogP contribution is 2.22. The van der Waals surface area contributed by atoms with Crippen molar-refractivity contribution in [2.45, 2.75) is 32.2 Å². The van der Waals surface area contributed by atoms with E-state index in [4.69, 9.17) is 0 Å². The van der Waals surface area contributed by atoms with Gasteiger partial charge in [-0.1, -0.05) is 0 Å². The molecule has 0 radical (unpaired) electrons. The number of likely N-dealkylation sites (tertiary alicyclic amines) is 1. The Morgan fingerprint density at radius 1 is 1.52 bits per heavy atom. The molecule has 0 unspecified atom stereocenters. The second-order valence-corrected chi connectivity index (χ2v) is 7.27. The fraction of sp³-hybridized carbons (Fsp3) is 0.692. The third kappa shape index (κ3) is 4.53. The van der Waals surface area contributed by atoms with Crippen LogP contribution < -0.4 is 4.72 Å². The Labute approximate surface area is 125 Å². The second kappa shape index (κ2) is 6.57. The zero-order valence-electron chi connectivity index (χ0n) is 12.4. The van der Waals surface area contributed by atoms with Crippen molar-refractivity contribution in [3.05, 3.63) is 18.2 Å². The number of sulfonamides is 1. The summed E-state index contributed by atoms with van der Waals surface area (Å²) >= 11 is 0. The lowest BCUT2D eigenvalue weighted by molar-refractivity contribution is -0.132. The summed E-state index contributed by atoms with van der Waals surface area (Å²) in [6.07, 6.45) is 6.99. The highest BCUT2D eigenvalue weighted by atomic mass is 32.2. The normalized spacial score (nSPS) is 19.7. The molecular weight excluding hydrogens is 292 g/mol. The summed E-state index contributed by atoms with van der Waals surface area (Å²) in [5.41, 5.74) is 0. The van der Waals surface area contributed by atoms with E-state index in [0.717, 1.165) is 31.5 Å². The first kappa shape index (κ1) is 16.0. The van der Waals surface area contributed by atoms with Crippen molar-refractivity contribution >= 4 is 15.9 Å². The summed E-state index contributed by atoms with van der Waals surface area (Å²) in [7, 11) is -3.24. The van der Waals surface area contributed by atoms with Crippen molar-refractivity contribution in [3.8, 4) is 0 Å². The lowest BCUT2D eigenvalue weighted by Gasteiger charge is -2.34. The minimum Gasteiger partial charge on any atom is -0.341 e. The maximum absolute atomic E-state index is 12.2. The molecular formula is C13H22N4O3S. The molecule has 8 heteroatoms. The van der Waals surface area contributed by atoms with Crippen LogP contribution in [0.4, 0.5) is 0 Å². The van der Waals surface area contributed by atoms with E-state index in [9.17, 15) is 13.2 Å². The first-order chi connectivity index (χ1) is 9.87. The number of nitrogens with zero attached hydrogens (tertiary/aromatic N) is 3. The highest BCUT2D eigenvalue weighted by Gasteiger charge is 2.25. The van der Waals surface area contributed by atoms with E-state index in [1.54, 1.807) is 6.20 Å². The van der Waals surface area contributed by atoms with Gasteiger partial charge in [0.05, 0.1) is 12.3 Å². The van der Waals surface area contributed by atoms with Crippen LogP contribution in [0.25, 0.3) is 0 Å². The molecule has 7 nitrogen and oxygen atoms in total. The van der Waals surface area contributed by atoms with Crippen LogP contribution in [0.15, 0.2) is 12.4 Å². The number of aromatic nitrogens is 2. The van der Waals surface area contributed by atoms with Gasteiger partial charge in [0.15, 0.2) is 0 Å². The fourth-order valence-electron chi connectivity index (χ4n) is 2.68. The van der Waals surface area contributed by atoms with Gasteiger partial charge in [-0.05, 0) is 19.8 Å². The van der Waals surface area contributed by atoms with Crippen molar-refractivity contribution in [1.29, 1.82) is 0 Å². The maximum atomic E-state index is 12.2. The monoisotopic (exact) mass is 314 g/mol. The highest BCUT2D eigenvalue weighted by molar-refractivity contribution is 7.88. The molecule has 1 aliphatic rings. The van der Waals surface area contributed by atoms with E-state index in [1.165, 1.54) is 0 Å². The topological polar surface area (TPSA) is 84.3 Å². The summed E-state index contributed by atoms with van der Waals surface area (Å²) in [6, 6.07) is 0.257. The number of aryl methyl sites for hydroxylation is 1. The van der Waals surface area contributed by atoms with Crippen LogP contribution >= 0.6 is 0 Å². The molecule has 1 N–H and O–H groups in total. The van der Waals surface area contributed by atoms with Crippen molar-refractivity contribution in [1.82, 2.24) is 19.2 Å². The van der Waals surface area contributed by atoms with E-state index in [2.05, 4.69) is 14.3 Å². The smallest absolute Gasteiger partial charge is 0.223 e. The fourth-order valence-corrected chi connectivity index (χ4v) is 3.16. The number of hydrogen-bond acceptors (Lipinski definition) is 4. The number of hydrogen-bond donors (Lipinski definition) is 1. The Bertz CT molecular complexity index is 596. The van der Waals surface area contributed by atoms with Gasteiger partial charge in [-0.3, -0.25) is 4.79 Å². The van der Waals surface area contributed by atoms with Gasteiger partial charge in [-0.2, -0.15) is 0 Å². The van der Waals surface area contributed by atoms with Gasteiger partial charge in [0.2, 0.25) is 15.9 Å². The van der Waals surface area contributed by atoms with Crippen LogP contribution in [0.2, 0.25) is 0 Å². The molecule has 21 heavy (non-hydrogen) atoms. The Morgan fingerprint density at radius 2 is 2.29 bits per heavy atom. The second-order valence-electron chi connectivity index (χ2n) is 5.43. The average Bonchev–Trinajstić information content (AvgIpc) is 2.83. The molecule has 1 saturated heterocycles. The Balaban J connectivity index is 1.89. The van der Waals surface area contributed by atoms with Crippen LogP contribution in [0.3, 0.4) is 0 Å². The van der Waals surface area contributed by atoms with E-state index >= 15 is 0 Å². The van der Waals surface area contributed by atoms with Gasteiger partial charge in [0, 0.05) is 38.4 Å². The van der Waals surface area contributed by atoms with Crippen molar-refractivity contribution in [3.63, 3.8) is 0 Å². The number of imidazole rings is 1. The van der Waals surface area contributed by atoms with Crippen molar-refractivity contribution in [2.75, 3.05) is 25.9 Å². The predicted molar refractivity (Wildman–Crippen MR) is 79.3 cm³/mol. The van der Waals surface area contributed by atoms with Gasteiger partial charge in [0.25, 0.3) is 0 Å². The van der Waals surface area contributed by atoms with Crippen LogP contribution in [0.5, 0.6) is 0 Å². The molecule has 0 spiro atoms. The number of amides is 1. The standard InChI is InChI=1S/C13H22N4O3S/c1-11-14-7-9-17(11)12-4-3-8-16(10-12)13(18)5-6-15-21(2,19)20/h7,9,12,15H,3-6,8,10H2,1-2H3/t12-/m0/s1. The van der Waals surface area contributed by atoms with E-state index < -0.39 is 10.0 Å². The number of rotatable bonds is 5. The first-order valence-corrected chi connectivity index (χ1v) is 8.98. The molecule has 0 aromatic carbocycles. The first-order valence-electron chi connectivity index (χ1n) is 7.08. The molecule has 2 rings (SSSR count). The van der Waals surface area contributed by atoms with Crippen molar-refractivity contribution < 1.29 is 13.2 Å². The molecule has 0 bridgehead atoms. The van der Waals surface area contributed by atoms with E-state index in [-0.39, 0.29) is 24.9 Å². The largest absolute Gasteiger partial charge is 0.341 e. The Morgan fingerprint density at radius 3 is 2.90 bits per heavy atom.